The Kier molecular flexibility index (Phi) is 3.92. The summed E-state index contributed by atoms with van der Waals surface area (Å²) < 4.78 is 0. The maximum absolute atomic E-state index is 12.2. The molecule has 1 amide bonds. The van der Waals surface area contributed by atoms with Crippen LogP contribution >= 0.6 is 11.3 Å². The molecule has 2 aliphatic carbocycles. The number of hydrogen-bond acceptors (Lipinski definition) is 2. The summed E-state index contributed by atoms with van der Waals surface area (Å²) in [7, 11) is 0. The van der Waals surface area contributed by atoms with E-state index < -0.39 is 0 Å². The highest BCUT2D eigenvalue weighted by Crippen LogP contribution is 2.41. The van der Waals surface area contributed by atoms with E-state index in [1.165, 1.54) is 44.1 Å². The predicted octanol–water partition coefficient (Wildman–Crippen LogP) is 3.87. The van der Waals surface area contributed by atoms with E-state index in [1.54, 1.807) is 11.3 Å². The van der Waals surface area contributed by atoms with Crippen LogP contribution in [0.1, 0.15) is 56.9 Å². The quantitative estimate of drug-likeness (QED) is 0.889. The fourth-order valence-electron chi connectivity index (χ4n) is 3.77. The Hall–Kier alpha value is -0.830. The average molecular weight is 277 g/mol. The number of nitrogens with one attached hydrogen (secondary N) is 1. The van der Waals surface area contributed by atoms with Crippen LogP contribution in [0.5, 0.6) is 0 Å². The van der Waals surface area contributed by atoms with Crippen LogP contribution in [0, 0.1) is 5.92 Å². The molecule has 1 heterocycles. The van der Waals surface area contributed by atoms with Gasteiger partial charge in [0.05, 0.1) is 0 Å². The van der Waals surface area contributed by atoms with Crippen LogP contribution in [0.4, 0.5) is 0 Å². The Morgan fingerprint density at radius 3 is 2.63 bits per heavy atom. The van der Waals surface area contributed by atoms with Gasteiger partial charge in [0.25, 0.3) is 0 Å². The van der Waals surface area contributed by atoms with Crippen molar-refractivity contribution in [1.82, 2.24) is 5.32 Å². The molecule has 0 spiro atoms. The van der Waals surface area contributed by atoms with E-state index in [-0.39, 0.29) is 5.41 Å². The molecule has 3 rings (SSSR count). The van der Waals surface area contributed by atoms with Gasteiger partial charge in [0, 0.05) is 17.9 Å². The highest BCUT2D eigenvalue weighted by molar-refractivity contribution is 7.08. The van der Waals surface area contributed by atoms with Crippen molar-refractivity contribution in [3.8, 4) is 0 Å². The van der Waals surface area contributed by atoms with Gasteiger partial charge < -0.3 is 5.32 Å². The molecular weight excluding hydrogens is 254 g/mol. The molecule has 0 bridgehead atoms. The molecule has 3 heteroatoms. The summed E-state index contributed by atoms with van der Waals surface area (Å²) in [6.07, 6.45) is 9.71. The van der Waals surface area contributed by atoms with Crippen molar-refractivity contribution in [2.45, 2.75) is 56.8 Å². The molecule has 2 nitrogen and oxygen atoms in total. The minimum absolute atomic E-state index is 0.230. The van der Waals surface area contributed by atoms with Crippen molar-refractivity contribution in [3.05, 3.63) is 22.4 Å². The molecule has 19 heavy (non-hydrogen) atoms. The Labute approximate surface area is 119 Å². The van der Waals surface area contributed by atoms with Gasteiger partial charge in [-0.3, -0.25) is 4.79 Å². The summed E-state index contributed by atoms with van der Waals surface area (Å²) in [5.41, 5.74) is 1.68. The maximum atomic E-state index is 12.2. The number of carbonyl (C=O) groups is 1. The second-order valence-electron chi connectivity index (χ2n) is 6.20. The van der Waals surface area contributed by atoms with Crippen LogP contribution in [-0.4, -0.2) is 12.5 Å². The SMILES string of the molecule is O=C(NCC1(c2ccsc2)CCCC1)C1CCCC1. The predicted molar refractivity (Wildman–Crippen MR) is 79.4 cm³/mol. The summed E-state index contributed by atoms with van der Waals surface area (Å²) in [4.78, 5) is 12.2. The zero-order valence-corrected chi connectivity index (χ0v) is 12.3. The number of thiophene rings is 1. The third kappa shape index (κ3) is 2.71. The van der Waals surface area contributed by atoms with Crippen molar-refractivity contribution < 1.29 is 4.79 Å². The van der Waals surface area contributed by atoms with Gasteiger partial charge in [0.1, 0.15) is 0 Å². The maximum Gasteiger partial charge on any atom is 0.223 e. The molecule has 1 N–H and O–H groups in total. The van der Waals surface area contributed by atoms with E-state index in [9.17, 15) is 4.79 Å². The Morgan fingerprint density at radius 2 is 2.00 bits per heavy atom. The Bertz CT molecular complexity index is 414. The first-order valence-corrected chi connectivity index (χ1v) is 8.55. The summed E-state index contributed by atoms with van der Waals surface area (Å²) in [6.45, 7) is 0.846. The van der Waals surface area contributed by atoms with E-state index in [2.05, 4.69) is 22.1 Å². The van der Waals surface area contributed by atoms with E-state index in [1.807, 2.05) is 0 Å². The summed E-state index contributed by atoms with van der Waals surface area (Å²) in [5.74, 6) is 0.597. The minimum atomic E-state index is 0.230. The van der Waals surface area contributed by atoms with E-state index in [4.69, 9.17) is 0 Å². The zero-order chi connectivity index (χ0) is 13.1. The lowest BCUT2D eigenvalue weighted by molar-refractivity contribution is -0.125. The Morgan fingerprint density at radius 1 is 1.26 bits per heavy atom. The first kappa shape index (κ1) is 13.2. The van der Waals surface area contributed by atoms with Gasteiger partial charge in [0.15, 0.2) is 0 Å². The standard InChI is InChI=1S/C16H23NOS/c18-15(13-5-1-2-6-13)17-12-16(8-3-4-9-16)14-7-10-19-11-14/h7,10-11,13H,1-6,8-9,12H2,(H,17,18). The topological polar surface area (TPSA) is 29.1 Å². The molecule has 0 unspecified atom stereocenters. The van der Waals surface area contributed by atoms with Crippen LogP contribution in [0.2, 0.25) is 0 Å². The molecule has 0 aromatic carbocycles. The van der Waals surface area contributed by atoms with E-state index in [0.717, 1.165) is 19.4 Å². The van der Waals surface area contributed by atoms with Crippen LogP contribution in [0.3, 0.4) is 0 Å². The molecule has 2 saturated carbocycles. The van der Waals surface area contributed by atoms with Gasteiger partial charge in [-0.1, -0.05) is 25.7 Å². The molecular formula is C16H23NOS. The molecule has 0 aliphatic heterocycles. The van der Waals surface area contributed by atoms with Crippen molar-refractivity contribution in [2.24, 2.45) is 5.92 Å². The fraction of sp³-hybridized carbons (Fsp3) is 0.688. The number of amides is 1. The van der Waals surface area contributed by atoms with Gasteiger partial charge >= 0.3 is 0 Å². The smallest absolute Gasteiger partial charge is 0.223 e. The van der Waals surface area contributed by atoms with Crippen molar-refractivity contribution >= 4 is 17.2 Å². The monoisotopic (exact) mass is 277 g/mol. The lowest BCUT2D eigenvalue weighted by Gasteiger charge is -2.29. The number of hydrogen-bond donors (Lipinski definition) is 1. The molecule has 1 aromatic rings. The van der Waals surface area contributed by atoms with Gasteiger partial charge in [-0.25, -0.2) is 0 Å². The van der Waals surface area contributed by atoms with Gasteiger partial charge in [-0.15, -0.1) is 0 Å². The van der Waals surface area contributed by atoms with E-state index >= 15 is 0 Å². The normalized spacial score (nSPS) is 22.7. The minimum Gasteiger partial charge on any atom is -0.355 e. The second-order valence-corrected chi connectivity index (χ2v) is 6.98. The summed E-state index contributed by atoms with van der Waals surface area (Å²) in [5, 5.41) is 7.69. The van der Waals surface area contributed by atoms with Gasteiger partial charge in [-0.2, -0.15) is 11.3 Å². The number of carbonyl (C=O) groups excluding carboxylic acids is 1. The second kappa shape index (κ2) is 5.66. The third-order valence-corrected chi connectivity index (χ3v) is 5.70. The summed E-state index contributed by atoms with van der Waals surface area (Å²) in [6, 6.07) is 2.25. The molecule has 1 aromatic heterocycles. The largest absolute Gasteiger partial charge is 0.355 e. The third-order valence-electron chi connectivity index (χ3n) is 5.02. The molecule has 0 radical (unpaired) electrons. The fourth-order valence-corrected chi connectivity index (χ4v) is 4.55. The highest BCUT2D eigenvalue weighted by Gasteiger charge is 2.36. The summed E-state index contributed by atoms with van der Waals surface area (Å²) >= 11 is 1.77. The number of rotatable bonds is 4. The van der Waals surface area contributed by atoms with Crippen LogP contribution in [-0.2, 0) is 10.2 Å². The molecule has 2 fully saturated rings. The first-order valence-electron chi connectivity index (χ1n) is 7.61. The van der Waals surface area contributed by atoms with Crippen LogP contribution in [0.25, 0.3) is 0 Å². The van der Waals surface area contributed by atoms with Crippen LogP contribution < -0.4 is 5.32 Å². The molecule has 104 valence electrons. The lowest BCUT2D eigenvalue weighted by atomic mass is 9.80. The Balaban J connectivity index is 1.64. The average Bonchev–Trinajstić information content (AvgIpc) is 3.16. The van der Waals surface area contributed by atoms with Crippen molar-refractivity contribution in [2.75, 3.05) is 6.54 Å². The van der Waals surface area contributed by atoms with Crippen LogP contribution in [0.15, 0.2) is 16.8 Å². The zero-order valence-electron chi connectivity index (χ0n) is 11.5. The van der Waals surface area contributed by atoms with Crippen molar-refractivity contribution in [3.63, 3.8) is 0 Å². The van der Waals surface area contributed by atoms with E-state index in [0.29, 0.717) is 11.8 Å². The lowest BCUT2D eigenvalue weighted by Crippen LogP contribution is -2.40. The molecule has 0 atom stereocenters. The molecule has 0 saturated heterocycles. The van der Waals surface area contributed by atoms with Gasteiger partial charge in [-0.05, 0) is 48.1 Å². The van der Waals surface area contributed by atoms with Crippen molar-refractivity contribution in [1.29, 1.82) is 0 Å². The first-order chi connectivity index (χ1) is 9.30. The molecule has 2 aliphatic rings. The highest BCUT2D eigenvalue weighted by atomic mass is 32.1. The van der Waals surface area contributed by atoms with Gasteiger partial charge in [0.2, 0.25) is 5.91 Å².